The van der Waals surface area contributed by atoms with Crippen LogP contribution in [0.25, 0.3) is 0 Å². The number of nitrogens with zero attached hydrogens (tertiary/aromatic N) is 1. The van der Waals surface area contributed by atoms with Crippen LogP contribution in [0.3, 0.4) is 0 Å². The second-order valence-electron chi connectivity index (χ2n) is 13.4. The Balaban J connectivity index is 1.81. The number of aliphatic hydroxyl groups excluding tert-OH is 1. The lowest BCUT2D eigenvalue weighted by Crippen LogP contribution is -2.71. The standard InChI is InChI=1S/C30H39F2NO7/c1-16-12-19-20-14-22(31)21-13-18(34)8-9-27(21,6)29(20,32)23(35)15-28(19,7)30(16,24(36)38-11-10-33)40-25(37)39-17(2)26(3,4)5/h8-9,13,16-17,19-20,22-23,35H,11-12,14-15H2,1-7H3/t16-,17?,19+,20+,22+,23?,27+,28?,29+,30+/m1/s1. The Morgan fingerprint density at radius 1 is 1.25 bits per heavy atom. The molecule has 0 aromatic heterocycles. The Morgan fingerprint density at radius 3 is 2.50 bits per heavy atom. The van der Waals surface area contributed by atoms with Crippen molar-refractivity contribution in [3.8, 4) is 6.07 Å². The van der Waals surface area contributed by atoms with Gasteiger partial charge in [0.25, 0.3) is 0 Å². The molecule has 10 heteroatoms. The van der Waals surface area contributed by atoms with Crippen LogP contribution < -0.4 is 0 Å². The van der Waals surface area contributed by atoms with Crippen molar-refractivity contribution in [3.05, 3.63) is 23.8 Å². The lowest BCUT2D eigenvalue weighted by atomic mass is 9.44. The number of alkyl halides is 2. The Labute approximate surface area is 233 Å². The highest BCUT2D eigenvalue weighted by Gasteiger charge is 2.79. The molecule has 3 unspecified atom stereocenters. The van der Waals surface area contributed by atoms with Gasteiger partial charge >= 0.3 is 12.1 Å². The van der Waals surface area contributed by atoms with Crippen molar-refractivity contribution >= 4 is 17.9 Å². The van der Waals surface area contributed by atoms with Crippen molar-refractivity contribution in [1.29, 1.82) is 5.26 Å². The van der Waals surface area contributed by atoms with E-state index in [2.05, 4.69) is 0 Å². The molecule has 4 rings (SSSR count). The molecule has 0 amide bonds. The molecule has 1 N–H and O–H groups in total. The summed E-state index contributed by atoms with van der Waals surface area (Å²) in [7, 11) is 0. The summed E-state index contributed by atoms with van der Waals surface area (Å²) in [5.41, 5.74) is -7.84. The van der Waals surface area contributed by atoms with Crippen LogP contribution in [0, 0.1) is 45.3 Å². The molecule has 0 aromatic carbocycles. The first-order valence-electron chi connectivity index (χ1n) is 13.8. The number of hydrogen-bond donors (Lipinski definition) is 1. The van der Waals surface area contributed by atoms with E-state index in [0.29, 0.717) is 0 Å². The minimum absolute atomic E-state index is 0.0110. The van der Waals surface area contributed by atoms with E-state index in [9.17, 15) is 19.5 Å². The Hall–Kier alpha value is -2.80. The van der Waals surface area contributed by atoms with Crippen molar-refractivity contribution in [1.82, 2.24) is 0 Å². The fraction of sp³-hybridized carbons (Fsp3) is 0.733. The second kappa shape index (κ2) is 9.64. The summed E-state index contributed by atoms with van der Waals surface area (Å²) < 4.78 is 49.9. The molecular formula is C30H39F2NO7. The van der Waals surface area contributed by atoms with Gasteiger partial charge in [-0.25, -0.2) is 18.4 Å². The van der Waals surface area contributed by atoms with E-state index >= 15 is 8.78 Å². The minimum atomic E-state index is -2.36. The van der Waals surface area contributed by atoms with E-state index < -0.39 is 88.2 Å². The van der Waals surface area contributed by atoms with E-state index in [1.54, 1.807) is 26.8 Å². The Bertz CT molecular complexity index is 1200. The number of halogens is 2. The molecular weight excluding hydrogens is 524 g/mol. The normalized spacial score (nSPS) is 42.9. The van der Waals surface area contributed by atoms with Crippen LogP contribution in [-0.2, 0) is 23.8 Å². The summed E-state index contributed by atoms with van der Waals surface area (Å²) in [6, 6.07) is 1.73. The monoisotopic (exact) mass is 563 g/mol. The third-order valence-corrected chi connectivity index (χ3v) is 10.5. The van der Waals surface area contributed by atoms with Gasteiger partial charge in [0.2, 0.25) is 5.60 Å². The number of aliphatic hydroxyl groups is 1. The smallest absolute Gasteiger partial charge is 0.447 e. The third-order valence-electron chi connectivity index (χ3n) is 10.5. The number of fused-ring (bicyclic) bond motifs is 5. The first-order chi connectivity index (χ1) is 18.4. The maximum Gasteiger partial charge on any atom is 0.509 e. The first-order valence-corrected chi connectivity index (χ1v) is 13.8. The topological polar surface area (TPSA) is 123 Å². The van der Waals surface area contributed by atoms with E-state index in [4.69, 9.17) is 19.5 Å². The maximum absolute atomic E-state index is 17.5. The Kier molecular flexibility index (Phi) is 7.27. The zero-order valence-corrected chi connectivity index (χ0v) is 24.1. The van der Waals surface area contributed by atoms with Gasteiger partial charge in [0.05, 0.1) is 6.10 Å². The predicted molar refractivity (Wildman–Crippen MR) is 139 cm³/mol. The van der Waals surface area contributed by atoms with E-state index in [0.717, 1.165) is 6.08 Å². The summed E-state index contributed by atoms with van der Waals surface area (Å²) in [5.74, 6) is -3.99. The summed E-state index contributed by atoms with van der Waals surface area (Å²) >= 11 is 0. The first kappa shape index (κ1) is 30.2. The lowest BCUT2D eigenvalue weighted by molar-refractivity contribution is -0.234. The fourth-order valence-corrected chi connectivity index (χ4v) is 7.90. The summed E-state index contributed by atoms with van der Waals surface area (Å²) in [6.45, 7) is 11.4. The molecule has 0 saturated heterocycles. The van der Waals surface area contributed by atoms with Gasteiger partial charge in [-0.3, -0.25) is 4.79 Å². The molecule has 0 heterocycles. The van der Waals surface area contributed by atoms with Gasteiger partial charge in [-0.1, -0.05) is 40.7 Å². The van der Waals surface area contributed by atoms with Gasteiger partial charge in [0.1, 0.15) is 18.3 Å². The van der Waals surface area contributed by atoms with Gasteiger partial charge in [-0.05, 0) is 62.2 Å². The quantitative estimate of drug-likeness (QED) is 0.477. The largest absolute Gasteiger partial charge is 0.509 e. The van der Waals surface area contributed by atoms with Crippen LogP contribution in [-0.4, -0.2) is 59.3 Å². The number of carbonyl (C=O) groups is 3. The molecule has 0 spiro atoms. The van der Waals surface area contributed by atoms with Gasteiger partial charge in [-0.15, -0.1) is 0 Å². The van der Waals surface area contributed by atoms with Gasteiger partial charge in [-0.2, -0.15) is 5.26 Å². The van der Waals surface area contributed by atoms with Crippen LogP contribution in [0.2, 0.25) is 0 Å². The highest BCUT2D eigenvalue weighted by molar-refractivity contribution is 6.01. The van der Waals surface area contributed by atoms with Gasteiger partial charge in [0.15, 0.2) is 18.1 Å². The molecule has 4 aliphatic carbocycles. The summed E-state index contributed by atoms with van der Waals surface area (Å²) in [6.07, 6.45) is -1.93. The van der Waals surface area contributed by atoms with Gasteiger partial charge in [0, 0.05) is 22.7 Å². The number of ether oxygens (including phenoxy) is 3. The van der Waals surface area contributed by atoms with Crippen LogP contribution in [0.15, 0.2) is 23.8 Å². The molecule has 0 aliphatic heterocycles. The van der Waals surface area contributed by atoms with Crippen LogP contribution in [0.5, 0.6) is 0 Å². The highest BCUT2D eigenvalue weighted by Crippen LogP contribution is 2.71. The average Bonchev–Trinajstić information content (AvgIpc) is 3.07. The molecule has 40 heavy (non-hydrogen) atoms. The van der Waals surface area contributed by atoms with Crippen molar-refractivity contribution in [2.75, 3.05) is 6.61 Å². The number of carbonyl (C=O) groups excluding carboxylic acids is 3. The molecule has 3 fully saturated rings. The fourth-order valence-electron chi connectivity index (χ4n) is 7.90. The molecule has 3 saturated carbocycles. The van der Waals surface area contributed by atoms with Crippen LogP contribution in [0.1, 0.15) is 67.7 Å². The number of nitriles is 1. The number of ketones is 1. The predicted octanol–water partition coefficient (Wildman–Crippen LogP) is 4.94. The summed E-state index contributed by atoms with van der Waals surface area (Å²) in [4.78, 5) is 39.0. The molecule has 10 atom stereocenters. The second-order valence-corrected chi connectivity index (χ2v) is 13.4. The minimum Gasteiger partial charge on any atom is -0.447 e. The van der Waals surface area contributed by atoms with Crippen molar-refractivity contribution in [2.45, 2.75) is 97.4 Å². The number of hydrogen-bond acceptors (Lipinski definition) is 8. The zero-order valence-electron chi connectivity index (χ0n) is 24.1. The molecule has 220 valence electrons. The Morgan fingerprint density at radius 2 is 1.90 bits per heavy atom. The van der Waals surface area contributed by atoms with Gasteiger partial charge < -0.3 is 19.3 Å². The molecule has 0 radical (unpaired) electrons. The van der Waals surface area contributed by atoms with Crippen LogP contribution in [0.4, 0.5) is 13.6 Å². The number of rotatable bonds is 4. The van der Waals surface area contributed by atoms with Crippen molar-refractivity contribution < 1.29 is 42.5 Å². The number of allylic oxidation sites excluding steroid dienone is 4. The average molecular weight is 564 g/mol. The highest BCUT2D eigenvalue weighted by atomic mass is 19.1. The SMILES string of the molecule is CC(OC(=O)O[C@]1(C(=O)OCC#N)[C@H](C)C[C@H]2[C@@H]3C[C@H](F)C4=CC(=O)C=C[C@]4(C)[C@@]3(F)C(O)CC21C)C(C)(C)C. The zero-order chi connectivity index (χ0) is 30.1. The van der Waals surface area contributed by atoms with E-state index in [1.165, 1.54) is 19.1 Å². The molecule has 0 aromatic rings. The van der Waals surface area contributed by atoms with E-state index in [-0.39, 0.29) is 24.8 Å². The van der Waals surface area contributed by atoms with E-state index in [1.807, 2.05) is 20.8 Å². The molecule has 0 bridgehead atoms. The maximum atomic E-state index is 17.5. The van der Waals surface area contributed by atoms with Crippen molar-refractivity contribution in [2.24, 2.45) is 34.0 Å². The molecule has 8 nitrogen and oxygen atoms in total. The summed E-state index contributed by atoms with van der Waals surface area (Å²) in [5, 5.41) is 20.7. The van der Waals surface area contributed by atoms with Crippen molar-refractivity contribution in [3.63, 3.8) is 0 Å². The number of esters is 1. The van der Waals surface area contributed by atoms with Crippen LogP contribution >= 0.6 is 0 Å². The molecule has 4 aliphatic rings. The third kappa shape index (κ3) is 4.02. The lowest BCUT2D eigenvalue weighted by Gasteiger charge is -2.62.